The molecular weight excluding hydrogens is 230 g/mol. The van der Waals surface area contributed by atoms with Crippen LogP contribution < -0.4 is 0 Å². The van der Waals surface area contributed by atoms with E-state index < -0.39 is 5.41 Å². The summed E-state index contributed by atoms with van der Waals surface area (Å²) in [7, 11) is 0. The summed E-state index contributed by atoms with van der Waals surface area (Å²) < 4.78 is 0. The van der Waals surface area contributed by atoms with Crippen LogP contribution in [0.5, 0.6) is 0 Å². The van der Waals surface area contributed by atoms with E-state index in [0.717, 1.165) is 6.42 Å². The summed E-state index contributed by atoms with van der Waals surface area (Å²) >= 11 is 0. The molecular formula is C18H21N. The monoisotopic (exact) mass is 251 g/mol. The molecule has 0 aromatic heterocycles. The van der Waals surface area contributed by atoms with Gasteiger partial charge in [0.1, 0.15) is 0 Å². The smallest absolute Gasteiger partial charge is 0.0925 e. The van der Waals surface area contributed by atoms with Gasteiger partial charge in [0.2, 0.25) is 0 Å². The summed E-state index contributed by atoms with van der Waals surface area (Å²) in [6.07, 6.45) is 17.0. The molecule has 2 rings (SSSR count). The highest BCUT2D eigenvalue weighted by Crippen LogP contribution is 2.41. The summed E-state index contributed by atoms with van der Waals surface area (Å²) in [6, 6.07) is 2.51. The van der Waals surface area contributed by atoms with Gasteiger partial charge in [0, 0.05) is 0 Å². The SMILES string of the molecule is C=C[C@](C#N)(CC1CCCCC1)C1C#CC=CC=C1. The number of hydrogen-bond donors (Lipinski definition) is 0. The van der Waals surface area contributed by atoms with Gasteiger partial charge in [-0.05, 0) is 18.4 Å². The minimum Gasteiger partial charge on any atom is -0.197 e. The number of allylic oxidation sites excluding steroid dienone is 5. The van der Waals surface area contributed by atoms with E-state index in [0.29, 0.717) is 5.92 Å². The number of hydrogen-bond acceptors (Lipinski definition) is 1. The molecule has 1 saturated carbocycles. The Morgan fingerprint density at radius 3 is 2.79 bits per heavy atom. The molecule has 0 spiro atoms. The Balaban J connectivity index is 2.18. The maximum Gasteiger partial charge on any atom is 0.0925 e. The van der Waals surface area contributed by atoms with E-state index in [-0.39, 0.29) is 5.92 Å². The van der Waals surface area contributed by atoms with E-state index in [2.05, 4.69) is 24.5 Å². The first-order valence-corrected chi connectivity index (χ1v) is 7.20. The van der Waals surface area contributed by atoms with Crippen LogP contribution in [0.15, 0.2) is 37.0 Å². The van der Waals surface area contributed by atoms with Crippen LogP contribution in [0.4, 0.5) is 0 Å². The Morgan fingerprint density at radius 1 is 1.32 bits per heavy atom. The van der Waals surface area contributed by atoms with Crippen molar-refractivity contribution in [3.8, 4) is 17.9 Å². The maximum absolute atomic E-state index is 9.71. The molecule has 0 aliphatic heterocycles. The molecule has 0 aromatic rings. The molecule has 0 heterocycles. The molecule has 0 aromatic carbocycles. The standard InChI is InChI=1S/C18H21N/c1-2-18(15-19,14-16-10-6-5-7-11-16)17-12-8-3-4-9-13-17/h2-4,8,12,16-17H,1,5-7,10-11,14H2/t17?,18-/m1/s1. The number of rotatable bonds is 4. The summed E-state index contributed by atoms with van der Waals surface area (Å²) in [5, 5.41) is 9.71. The van der Waals surface area contributed by atoms with E-state index in [9.17, 15) is 5.26 Å². The van der Waals surface area contributed by atoms with E-state index in [1.807, 2.05) is 30.4 Å². The van der Waals surface area contributed by atoms with Crippen LogP contribution in [0, 0.1) is 40.4 Å². The number of nitriles is 1. The zero-order chi connectivity index (χ0) is 13.6. The summed E-state index contributed by atoms with van der Waals surface area (Å²) in [5.74, 6) is 6.83. The Hall–Kier alpha value is -1.73. The van der Waals surface area contributed by atoms with Gasteiger partial charge in [-0.3, -0.25) is 0 Å². The third-order valence-electron chi connectivity index (χ3n) is 4.31. The highest BCUT2D eigenvalue weighted by Gasteiger charge is 2.36. The molecule has 0 saturated heterocycles. The minimum atomic E-state index is -0.530. The van der Waals surface area contributed by atoms with Gasteiger partial charge >= 0.3 is 0 Å². The Kier molecular flexibility index (Phi) is 4.64. The molecule has 0 bridgehead atoms. The first kappa shape index (κ1) is 13.7. The van der Waals surface area contributed by atoms with Gasteiger partial charge in [0.15, 0.2) is 0 Å². The normalized spacial score (nSPS) is 25.5. The van der Waals surface area contributed by atoms with E-state index in [1.54, 1.807) is 0 Å². The van der Waals surface area contributed by atoms with E-state index in [4.69, 9.17) is 0 Å². The fourth-order valence-corrected chi connectivity index (χ4v) is 3.13. The minimum absolute atomic E-state index is 0.0353. The quantitative estimate of drug-likeness (QED) is 0.536. The van der Waals surface area contributed by atoms with Crippen LogP contribution in [0.1, 0.15) is 38.5 Å². The van der Waals surface area contributed by atoms with Crippen molar-refractivity contribution in [2.24, 2.45) is 17.3 Å². The molecule has 1 heteroatoms. The number of nitrogens with zero attached hydrogens (tertiary/aromatic N) is 1. The van der Waals surface area contributed by atoms with Gasteiger partial charge in [-0.2, -0.15) is 5.26 Å². The Morgan fingerprint density at radius 2 is 2.11 bits per heavy atom. The second kappa shape index (κ2) is 6.44. The van der Waals surface area contributed by atoms with Gasteiger partial charge in [0.05, 0.1) is 17.4 Å². The van der Waals surface area contributed by atoms with Crippen LogP contribution in [-0.4, -0.2) is 0 Å². The van der Waals surface area contributed by atoms with E-state index in [1.165, 1.54) is 32.1 Å². The molecule has 98 valence electrons. The second-order valence-electron chi connectivity index (χ2n) is 5.57. The van der Waals surface area contributed by atoms with Gasteiger partial charge in [-0.15, -0.1) is 6.58 Å². The third-order valence-corrected chi connectivity index (χ3v) is 4.31. The van der Waals surface area contributed by atoms with Crippen molar-refractivity contribution in [3.05, 3.63) is 37.0 Å². The first-order chi connectivity index (χ1) is 9.30. The predicted octanol–water partition coefficient (Wildman–Crippen LogP) is 4.40. The lowest BCUT2D eigenvalue weighted by Gasteiger charge is -2.32. The molecule has 2 aliphatic carbocycles. The summed E-state index contributed by atoms with van der Waals surface area (Å²) in [4.78, 5) is 0. The molecule has 1 unspecified atom stereocenters. The molecule has 2 aliphatic rings. The molecule has 1 fully saturated rings. The third kappa shape index (κ3) is 3.18. The fourth-order valence-electron chi connectivity index (χ4n) is 3.13. The molecule has 1 nitrogen and oxygen atoms in total. The largest absolute Gasteiger partial charge is 0.197 e. The first-order valence-electron chi connectivity index (χ1n) is 7.20. The van der Waals surface area contributed by atoms with Gasteiger partial charge in [-0.1, -0.05) is 68.2 Å². The molecule has 19 heavy (non-hydrogen) atoms. The zero-order valence-electron chi connectivity index (χ0n) is 11.4. The lowest BCUT2D eigenvalue weighted by Crippen LogP contribution is -2.28. The zero-order valence-corrected chi connectivity index (χ0v) is 11.4. The van der Waals surface area contributed by atoms with Gasteiger partial charge in [-0.25, -0.2) is 0 Å². The molecule has 0 N–H and O–H groups in total. The summed E-state index contributed by atoms with van der Waals surface area (Å²) in [5.41, 5.74) is -0.530. The molecule has 0 amide bonds. The van der Waals surface area contributed by atoms with Crippen LogP contribution in [0.2, 0.25) is 0 Å². The van der Waals surface area contributed by atoms with Crippen molar-refractivity contribution in [3.63, 3.8) is 0 Å². The van der Waals surface area contributed by atoms with Crippen molar-refractivity contribution in [2.45, 2.75) is 38.5 Å². The van der Waals surface area contributed by atoms with Crippen molar-refractivity contribution in [2.75, 3.05) is 0 Å². The Labute approximate surface area is 116 Å². The van der Waals surface area contributed by atoms with Crippen molar-refractivity contribution >= 4 is 0 Å². The second-order valence-corrected chi connectivity index (χ2v) is 5.57. The van der Waals surface area contributed by atoms with Gasteiger partial charge < -0.3 is 0 Å². The van der Waals surface area contributed by atoms with Crippen molar-refractivity contribution in [1.82, 2.24) is 0 Å². The highest BCUT2D eigenvalue weighted by atomic mass is 14.4. The van der Waals surface area contributed by atoms with Crippen LogP contribution in [0.25, 0.3) is 0 Å². The fraction of sp³-hybridized carbons (Fsp3) is 0.500. The van der Waals surface area contributed by atoms with E-state index >= 15 is 0 Å². The topological polar surface area (TPSA) is 23.8 Å². The molecule has 0 radical (unpaired) electrons. The predicted molar refractivity (Wildman–Crippen MR) is 79.0 cm³/mol. The van der Waals surface area contributed by atoms with Crippen LogP contribution >= 0.6 is 0 Å². The highest BCUT2D eigenvalue weighted by molar-refractivity contribution is 5.34. The lowest BCUT2D eigenvalue weighted by atomic mass is 9.68. The lowest BCUT2D eigenvalue weighted by molar-refractivity contribution is 0.256. The van der Waals surface area contributed by atoms with Crippen LogP contribution in [0.3, 0.4) is 0 Å². The van der Waals surface area contributed by atoms with Crippen LogP contribution in [-0.2, 0) is 0 Å². The average molecular weight is 251 g/mol. The molecule has 2 atom stereocenters. The van der Waals surface area contributed by atoms with Crippen molar-refractivity contribution in [1.29, 1.82) is 5.26 Å². The maximum atomic E-state index is 9.71. The van der Waals surface area contributed by atoms with Crippen molar-refractivity contribution < 1.29 is 0 Å². The van der Waals surface area contributed by atoms with Gasteiger partial charge in [0.25, 0.3) is 0 Å². The summed E-state index contributed by atoms with van der Waals surface area (Å²) in [6.45, 7) is 3.93. The average Bonchev–Trinajstić information content (AvgIpc) is 2.75. The Bertz CT molecular complexity index is 474.